The number of hydrogen-bond donors (Lipinski definition) is 1. The van der Waals surface area contributed by atoms with Gasteiger partial charge < -0.3 is 19.5 Å². The number of carbonyl (C=O) groups is 1. The van der Waals surface area contributed by atoms with E-state index in [1.54, 1.807) is 33.5 Å². The molecule has 0 saturated carbocycles. The first-order chi connectivity index (χ1) is 16.1. The van der Waals surface area contributed by atoms with Crippen LogP contribution in [0.3, 0.4) is 0 Å². The van der Waals surface area contributed by atoms with Crippen molar-refractivity contribution in [1.29, 1.82) is 0 Å². The van der Waals surface area contributed by atoms with Crippen LogP contribution in [0.5, 0.6) is 17.2 Å². The number of methoxy groups -OCH3 is 3. The second-order valence-electron chi connectivity index (χ2n) is 9.10. The van der Waals surface area contributed by atoms with Crippen LogP contribution in [-0.2, 0) is 17.6 Å². The number of fused-ring (bicyclic) bond motifs is 1. The molecule has 2 aromatic carbocycles. The smallest absolute Gasteiger partial charge is 0.231 e. The van der Waals surface area contributed by atoms with Crippen molar-refractivity contribution in [1.82, 2.24) is 0 Å². The molecule has 0 heterocycles. The summed E-state index contributed by atoms with van der Waals surface area (Å²) in [6.45, 7) is 2.24. The zero-order chi connectivity index (χ0) is 23.7. The van der Waals surface area contributed by atoms with Crippen molar-refractivity contribution >= 4 is 11.6 Å². The van der Waals surface area contributed by atoms with Crippen molar-refractivity contribution in [2.45, 2.75) is 71.1 Å². The Morgan fingerprint density at radius 2 is 1.55 bits per heavy atom. The molecule has 1 aliphatic carbocycles. The molecule has 0 saturated heterocycles. The van der Waals surface area contributed by atoms with Gasteiger partial charge >= 0.3 is 0 Å². The van der Waals surface area contributed by atoms with E-state index in [2.05, 4.69) is 36.5 Å². The van der Waals surface area contributed by atoms with Gasteiger partial charge in [0.15, 0.2) is 0 Å². The Bertz CT molecular complexity index is 901. The Labute approximate surface area is 198 Å². The standard InChI is InChI=1S/C28H39NO4/c1-5-6-7-8-9-12-16-28(17-15-21-13-10-11-14-22(21)20-28)27(30)29-26-24(32-3)18-23(31-2)19-25(26)33-4/h10-11,13-14,18-19H,5-9,12,15-17,20H2,1-4H3,(H,29,30). The van der Waals surface area contributed by atoms with E-state index in [-0.39, 0.29) is 5.91 Å². The topological polar surface area (TPSA) is 56.8 Å². The van der Waals surface area contributed by atoms with Gasteiger partial charge in [-0.25, -0.2) is 0 Å². The summed E-state index contributed by atoms with van der Waals surface area (Å²) in [7, 11) is 4.78. The van der Waals surface area contributed by atoms with Gasteiger partial charge in [0.2, 0.25) is 5.91 Å². The molecule has 1 amide bonds. The van der Waals surface area contributed by atoms with E-state index in [0.717, 1.165) is 32.1 Å². The molecule has 1 N–H and O–H groups in total. The van der Waals surface area contributed by atoms with Crippen LogP contribution < -0.4 is 19.5 Å². The van der Waals surface area contributed by atoms with E-state index < -0.39 is 5.41 Å². The zero-order valence-electron chi connectivity index (χ0n) is 20.7. The van der Waals surface area contributed by atoms with E-state index in [0.29, 0.717) is 22.9 Å². The number of carbonyl (C=O) groups excluding carboxylic acids is 1. The third-order valence-corrected chi connectivity index (χ3v) is 6.96. The number of amides is 1. The second-order valence-corrected chi connectivity index (χ2v) is 9.10. The van der Waals surface area contributed by atoms with Crippen molar-refractivity contribution in [2.75, 3.05) is 26.6 Å². The molecule has 5 heteroatoms. The van der Waals surface area contributed by atoms with E-state index in [9.17, 15) is 4.79 Å². The fourth-order valence-corrected chi connectivity index (χ4v) is 4.94. The maximum atomic E-state index is 13.9. The van der Waals surface area contributed by atoms with Crippen molar-refractivity contribution in [2.24, 2.45) is 5.41 Å². The molecular weight excluding hydrogens is 414 g/mol. The number of nitrogens with one attached hydrogen (secondary N) is 1. The van der Waals surface area contributed by atoms with Crippen molar-refractivity contribution in [3.05, 3.63) is 47.5 Å². The maximum Gasteiger partial charge on any atom is 0.231 e. The lowest BCUT2D eigenvalue weighted by molar-refractivity contribution is -0.126. The Morgan fingerprint density at radius 3 is 2.18 bits per heavy atom. The van der Waals surface area contributed by atoms with Crippen molar-refractivity contribution in [3.8, 4) is 17.2 Å². The Balaban J connectivity index is 1.84. The van der Waals surface area contributed by atoms with Crippen LogP contribution in [-0.4, -0.2) is 27.2 Å². The highest BCUT2D eigenvalue weighted by atomic mass is 16.5. The third-order valence-electron chi connectivity index (χ3n) is 6.96. The molecule has 0 aliphatic heterocycles. The summed E-state index contributed by atoms with van der Waals surface area (Å²) in [6, 6.07) is 12.1. The summed E-state index contributed by atoms with van der Waals surface area (Å²) in [6.07, 6.45) is 10.7. The Morgan fingerprint density at radius 1 is 0.909 bits per heavy atom. The highest BCUT2D eigenvalue weighted by Crippen LogP contribution is 2.44. The average Bonchev–Trinajstić information content (AvgIpc) is 2.85. The van der Waals surface area contributed by atoms with Gasteiger partial charge in [-0.1, -0.05) is 69.7 Å². The van der Waals surface area contributed by atoms with Crippen LogP contribution in [0.1, 0.15) is 69.4 Å². The Kier molecular flexibility index (Phi) is 9.04. The number of ether oxygens (including phenoxy) is 3. The van der Waals surface area contributed by atoms with Gasteiger partial charge in [-0.2, -0.15) is 0 Å². The molecule has 33 heavy (non-hydrogen) atoms. The Hall–Kier alpha value is -2.69. The molecule has 0 fully saturated rings. The van der Waals surface area contributed by atoms with E-state index in [4.69, 9.17) is 14.2 Å². The van der Waals surface area contributed by atoms with Gasteiger partial charge in [0.1, 0.15) is 22.9 Å². The summed E-state index contributed by atoms with van der Waals surface area (Å²) in [5.41, 5.74) is 2.78. The zero-order valence-corrected chi connectivity index (χ0v) is 20.7. The second kappa shape index (κ2) is 12.0. The molecule has 1 unspecified atom stereocenters. The molecule has 1 aliphatic rings. The molecule has 0 aromatic heterocycles. The highest BCUT2D eigenvalue weighted by Gasteiger charge is 2.41. The molecule has 0 spiro atoms. The largest absolute Gasteiger partial charge is 0.496 e. The van der Waals surface area contributed by atoms with E-state index in [1.807, 2.05) is 0 Å². The summed E-state index contributed by atoms with van der Waals surface area (Å²) >= 11 is 0. The van der Waals surface area contributed by atoms with Crippen LogP contribution in [0, 0.1) is 5.41 Å². The van der Waals surface area contributed by atoms with Crippen LogP contribution in [0.15, 0.2) is 36.4 Å². The first-order valence-corrected chi connectivity index (χ1v) is 12.2. The first-order valence-electron chi connectivity index (χ1n) is 12.2. The fraction of sp³-hybridized carbons (Fsp3) is 0.536. The molecule has 5 nitrogen and oxygen atoms in total. The minimum Gasteiger partial charge on any atom is -0.496 e. The van der Waals surface area contributed by atoms with E-state index >= 15 is 0 Å². The van der Waals surface area contributed by atoms with Gasteiger partial charge in [0, 0.05) is 12.1 Å². The monoisotopic (exact) mass is 453 g/mol. The van der Waals surface area contributed by atoms with Crippen LogP contribution in [0.25, 0.3) is 0 Å². The van der Waals surface area contributed by atoms with Gasteiger partial charge in [-0.15, -0.1) is 0 Å². The summed E-state index contributed by atoms with van der Waals surface area (Å²) in [4.78, 5) is 13.9. The highest BCUT2D eigenvalue weighted by molar-refractivity contribution is 5.98. The van der Waals surface area contributed by atoms with Gasteiger partial charge in [-0.05, 0) is 36.8 Å². The number of unbranched alkanes of at least 4 members (excludes halogenated alkanes) is 5. The van der Waals surface area contributed by atoms with Gasteiger partial charge in [0.25, 0.3) is 0 Å². The fourth-order valence-electron chi connectivity index (χ4n) is 4.94. The summed E-state index contributed by atoms with van der Waals surface area (Å²) in [5, 5.41) is 3.19. The summed E-state index contributed by atoms with van der Waals surface area (Å²) in [5.74, 6) is 1.73. The minimum absolute atomic E-state index is 0.0485. The van der Waals surface area contributed by atoms with Crippen LogP contribution in [0.4, 0.5) is 5.69 Å². The molecule has 0 bridgehead atoms. The lowest BCUT2D eigenvalue weighted by atomic mass is 9.68. The molecule has 180 valence electrons. The number of hydrogen-bond acceptors (Lipinski definition) is 4. The van der Waals surface area contributed by atoms with Crippen LogP contribution >= 0.6 is 0 Å². The third kappa shape index (κ3) is 6.01. The normalized spacial score (nSPS) is 17.2. The maximum absolute atomic E-state index is 13.9. The molecular formula is C28H39NO4. The molecule has 2 aromatic rings. The predicted molar refractivity (Wildman–Crippen MR) is 134 cm³/mol. The summed E-state index contributed by atoms with van der Waals surface area (Å²) < 4.78 is 16.5. The van der Waals surface area contributed by atoms with Gasteiger partial charge in [0.05, 0.1) is 26.7 Å². The minimum atomic E-state index is -0.435. The quantitative estimate of drug-likeness (QED) is 0.369. The number of aryl methyl sites for hydroxylation is 1. The van der Waals surface area contributed by atoms with Gasteiger partial charge in [-0.3, -0.25) is 4.79 Å². The van der Waals surface area contributed by atoms with Crippen molar-refractivity contribution < 1.29 is 19.0 Å². The van der Waals surface area contributed by atoms with E-state index in [1.165, 1.54) is 43.2 Å². The lowest BCUT2D eigenvalue weighted by Gasteiger charge is -2.37. The van der Waals surface area contributed by atoms with Crippen LogP contribution in [0.2, 0.25) is 0 Å². The SMILES string of the molecule is CCCCCCCCC1(C(=O)Nc2c(OC)cc(OC)cc2OC)CCc2ccccc2C1. The number of anilines is 1. The number of rotatable bonds is 12. The molecule has 1 atom stereocenters. The first kappa shape index (κ1) is 24.9. The predicted octanol–water partition coefficient (Wildman–Crippen LogP) is 6.58. The average molecular weight is 454 g/mol. The molecule has 0 radical (unpaired) electrons. The number of benzene rings is 2. The van der Waals surface area contributed by atoms with Crippen molar-refractivity contribution in [3.63, 3.8) is 0 Å². The lowest BCUT2D eigenvalue weighted by Crippen LogP contribution is -2.41. The molecule has 3 rings (SSSR count).